The fraction of sp³-hybridized carbons (Fsp3) is 0.238. The van der Waals surface area contributed by atoms with Crippen LogP contribution in [0.4, 0.5) is 0 Å². The summed E-state index contributed by atoms with van der Waals surface area (Å²) in [6, 6.07) is 6.67. The van der Waals surface area contributed by atoms with Gasteiger partial charge in [-0.1, -0.05) is 0 Å². The van der Waals surface area contributed by atoms with E-state index in [0.29, 0.717) is 62.7 Å². The Balaban J connectivity index is 1.92. The van der Waals surface area contributed by atoms with Crippen LogP contribution in [-0.2, 0) is 6.42 Å². The van der Waals surface area contributed by atoms with Crippen LogP contribution in [-0.4, -0.2) is 38.0 Å². The molecule has 8 nitrogen and oxygen atoms in total. The summed E-state index contributed by atoms with van der Waals surface area (Å²) >= 11 is 0. The number of pyridine rings is 1. The normalized spacial score (nSPS) is 13.6. The molecule has 3 heterocycles. The van der Waals surface area contributed by atoms with Crippen LogP contribution in [0, 0.1) is 0 Å². The van der Waals surface area contributed by atoms with Gasteiger partial charge < -0.3 is 24.7 Å². The number of ether oxygens (including phenoxy) is 4. The molecule has 2 aromatic carbocycles. The van der Waals surface area contributed by atoms with Crippen LogP contribution in [0.25, 0.3) is 22.2 Å². The quantitative estimate of drug-likeness (QED) is 0.564. The van der Waals surface area contributed by atoms with Crippen LogP contribution in [0.3, 0.4) is 0 Å². The summed E-state index contributed by atoms with van der Waals surface area (Å²) in [6.07, 6.45) is 0.333. The Hall–Kier alpha value is -3.52. The molecule has 0 aliphatic carbocycles. The Morgan fingerprint density at radius 3 is 2.31 bits per heavy atom. The molecule has 1 aromatic heterocycles. The second kappa shape index (κ2) is 6.25. The molecule has 0 amide bonds. The molecule has 3 aromatic rings. The molecule has 2 N–H and O–H groups in total. The second-order valence-electron chi connectivity index (χ2n) is 6.81. The van der Waals surface area contributed by atoms with Gasteiger partial charge in [-0.15, -0.1) is 0 Å². The highest BCUT2D eigenvalue weighted by Crippen LogP contribution is 2.44. The zero-order valence-electron chi connectivity index (χ0n) is 15.9. The Morgan fingerprint density at radius 2 is 1.66 bits per heavy atom. The standard InChI is InChI=1S/C21H18N2O6/c1-26-15-7-13-14(8-16(15)27-2)23-19(10(3-4-22)20(13)24)11-5-17-18(29-9-28-17)6-12(11)21(23)25/h5-8H,3-4,9,22H2,1-2H3. The van der Waals surface area contributed by atoms with Gasteiger partial charge in [-0.25, -0.2) is 0 Å². The Bertz CT molecular complexity index is 1260. The number of hydrogen-bond acceptors (Lipinski definition) is 7. The summed E-state index contributed by atoms with van der Waals surface area (Å²) in [5, 5.41) is 0.371. The molecule has 148 valence electrons. The van der Waals surface area contributed by atoms with E-state index < -0.39 is 0 Å². The average Bonchev–Trinajstić information content (AvgIpc) is 3.31. The maximum absolute atomic E-state index is 13.4. The molecule has 2 aliphatic heterocycles. The number of fused-ring (bicyclic) bond motifs is 6. The van der Waals surface area contributed by atoms with Crippen LogP contribution in [0.15, 0.2) is 29.1 Å². The largest absolute Gasteiger partial charge is 0.493 e. The van der Waals surface area contributed by atoms with E-state index in [1.165, 1.54) is 14.2 Å². The highest BCUT2D eigenvalue weighted by atomic mass is 16.7. The third-order valence-electron chi connectivity index (χ3n) is 5.37. The van der Waals surface area contributed by atoms with E-state index in [9.17, 15) is 9.59 Å². The van der Waals surface area contributed by atoms with Crippen LogP contribution in [0.2, 0.25) is 0 Å². The lowest BCUT2D eigenvalue weighted by atomic mass is 9.99. The van der Waals surface area contributed by atoms with E-state index in [1.807, 2.05) is 0 Å². The Morgan fingerprint density at radius 1 is 1.00 bits per heavy atom. The fourth-order valence-corrected chi connectivity index (χ4v) is 4.07. The van der Waals surface area contributed by atoms with Crippen molar-refractivity contribution < 1.29 is 23.7 Å². The van der Waals surface area contributed by atoms with Crippen molar-refractivity contribution in [3.8, 4) is 34.3 Å². The number of aromatic nitrogens is 1. The minimum absolute atomic E-state index is 0.101. The van der Waals surface area contributed by atoms with Crippen molar-refractivity contribution in [2.75, 3.05) is 27.6 Å². The van der Waals surface area contributed by atoms with Gasteiger partial charge in [-0.2, -0.15) is 0 Å². The molecule has 5 rings (SSSR count). The van der Waals surface area contributed by atoms with Crippen LogP contribution in [0.1, 0.15) is 15.9 Å². The maximum atomic E-state index is 13.4. The summed E-state index contributed by atoms with van der Waals surface area (Å²) in [5.41, 5.74) is 8.17. The van der Waals surface area contributed by atoms with Crippen molar-refractivity contribution in [3.05, 3.63) is 45.6 Å². The van der Waals surface area contributed by atoms with Gasteiger partial charge in [-0.3, -0.25) is 14.2 Å². The van der Waals surface area contributed by atoms with E-state index >= 15 is 0 Å². The number of nitrogens with two attached hydrogens (primary N) is 1. The molecule has 8 heteroatoms. The highest BCUT2D eigenvalue weighted by Gasteiger charge is 2.34. The number of benzene rings is 2. The van der Waals surface area contributed by atoms with E-state index in [-0.39, 0.29) is 24.7 Å². The molecule has 0 radical (unpaired) electrons. The first-order valence-electron chi connectivity index (χ1n) is 9.11. The van der Waals surface area contributed by atoms with Crippen LogP contribution in [0.5, 0.6) is 23.0 Å². The van der Waals surface area contributed by atoms with Crippen molar-refractivity contribution >= 4 is 16.8 Å². The third-order valence-corrected chi connectivity index (χ3v) is 5.37. The van der Waals surface area contributed by atoms with E-state index in [4.69, 9.17) is 24.7 Å². The zero-order valence-corrected chi connectivity index (χ0v) is 15.9. The van der Waals surface area contributed by atoms with E-state index in [1.54, 1.807) is 28.8 Å². The molecule has 0 fully saturated rings. The first-order valence-corrected chi connectivity index (χ1v) is 9.11. The first-order chi connectivity index (χ1) is 14.1. The summed E-state index contributed by atoms with van der Waals surface area (Å²) < 4.78 is 23.2. The fourth-order valence-electron chi connectivity index (χ4n) is 4.07. The van der Waals surface area contributed by atoms with Crippen molar-refractivity contribution in [2.45, 2.75) is 6.42 Å². The lowest BCUT2D eigenvalue weighted by Gasteiger charge is -2.15. The first kappa shape index (κ1) is 17.6. The maximum Gasteiger partial charge on any atom is 0.263 e. The van der Waals surface area contributed by atoms with Gasteiger partial charge in [0.25, 0.3) is 5.91 Å². The molecular formula is C21H18N2O6. The summed E-state index contributed by atoms with van der Waals surface area (Å²) in [7, 11) is 3.00. The second-order valence-corrected chi connectivity index (χ2v) is 6.81. The van der Waals surface area contributed by atoms with Crippen molar-refractivity contribution in [1.29, 1.82) is 0 Å². The van der Waals surface area contributed by atoms with Crippen molar-refractivity contribution in [2.24, 2.45) is 5.73 Å². The molecule has 0 spiro atoms. The molecule has 0 unspecified atom stereocenters. The number of carbonyl (C=O) groups excluding carboxylic acids is 1. The minimum Gasteiger partial charge on any atom is -0.493 e. The summed E-state index contributed by atoms with van der Waals surface area (Å²) in [5.74, 6) is 1.66. The number of rotatable bonds is 4. The average molecular weight is 394 g/mol. The van der Waals surface area contributed by atoms with Gasteiger partial charge in [0.05, 0.1) is 36.4 Å². The lowest BCUT2D eigenvalue weighted by Crippen LogP contribution is -2.21. The van der Waals surface area contributed by atoms with Gasteiger partial charge >= 0.3 is 0 Å². The number of methoxy groups -OCH3 is 2. The van der Waals surface area contributed by atoms with Crippen LogP contribution >= 0.6 is 0 Å². The SMILES string of the molecule is COc1cc2c(=O)c(CCN)c3n(c2cc1OC)C(=O)c1cc2c(cc1-3)OCO2. The van der Waals surface area contributed by atoms with Gasteiger partial charge in [0, 0.05) is 17.2 Å². The van der Waals surface area contributed by atoms with E-state index in [0.717, 1.165) is 0 Å². The molecule has 0 atom stereocenters. The van der Waals surface area contributed by atoms with Crippen molar-refractivity contribution in [1.82, 2.24) is 4.57 Å². The smallest absolute Gasteiger partial charge is 0.263 e. The molecule has 0 saturated heterocycles. The topological polar surface area (TPSA) is 102 Å². The lowest BCUT2D eigenvalue weighted by molar-refractivity contribution is 0.0972. The predicted octanol–water partition coefficient (Wildman–Crippen LogP) is 1.92. The molecular weight excluding hydrogens is 376 g/mol. The van der Waals surface area contributed by atoms with Gasteiger partial charge in [0.2, 0.25) is 6.79 Å². The summed E-state index contributed by atoms with van der Waals surface area (Å²) in [4.78, 5) is 26.7. The molecule has 0 bridgehead atoms. The van der Waals surface area contributed by atoms with E-state index in [2.05, 4.69) is 0 Å². The molecule has 29 heavy (non-hydrogen) atoms. The predicted molar refractivity (Wildman–Crippen MR) is 105 cm³/mol. The molecule has 2 aliphatic rings. The summed E-state index contributed by atoms with van der Waals surface area (Å²) in [6.45, 7) is 0.374. The van der Waals surface area contributed by atoms with Gasteiger partial charge in [0.15, 0.2) is 28.4 Å². The third kappa shape index (κ3) is 2.29. The zero-order chi connectivity index (χ0) is 20.3. The molecule has 0 saturated carbocycles. The van der Waals surface area contributed by atoms with Crippen LogP contribution < -0.4 is 30.1 Å². The number of carbonyl (C=O) groups is 1. The number of nitrogens with zero attached hydrogens (tertiary/aromatic N) is 1. The van der Waals surface area contributed by atoms with Crippen molar-refractivity contribution in [3.63, 3.8) is 0 Å². The number of hydrogen-bond donors (Lipinski definition) is 1. The monoisotopic (exact) mass is 394 g/mol. The Kier molecular flexibility index (Phi) is 3.78. The Labute approximate surface area is 165 Å². The van der Waals surface area contributed by atoms with Gasteiger partial charge in [0.1, 0.15) is 0 Å². The minimum atomic E-state index is -0.246. The highest BCUT2D eigenvalue weighted by molar-refractivity contribution is 6.14. The van der Waals surface area contributed by atoms with Gasteiger partial charge in [-0.05, 0) is 31.2 Å².